The first-order chi connectivity index (χ1) is 8.13. The van der Waals surface area contributed by atoms with Crippen molar-refractivity contribution in [3.8, 4) is 0 Å². The Morgan fingerprint density at radius 3 is 3.00 bits per heavy atom. The number of esters is 1. The van der Waals surface area contributed by atoms with E-state index in [9.17, 15) is 4.79 Å². The summed E-state index contributed by atoms with van der Waals surface area (Å²) in [5.41, 5.74) is 9.07. The molecule has 2 rings (SSSR count). The van der Waals surface area contributed by atoms with Crippen LogP contribution in [0.5, 0.6) is 0 Å². The van der Waals surface area contributed by atoms with Gasteiger partial charge in [-0.3, -0.25) is 4.79 Å². The van der Waals surface area contributed by atoms with Gasteiger partial charge in [-0.25, -0.2) is 0 Å². The van der Waals surface area contributed by atoms with E-state index in [1.165, 1.54) is 12.7 Å². The van der Waals surface area contributed by atoms with Gasteiger partial charge in [0.25, 0.3) is 0 Å². The molecule has 1 atom stereocenters. The Morgan fingerprint density at radius 1 is 1.53 bits per heavy atom. The lowest BCUT2D eigenvalue weighted by atomic mass is 10.0. The third kappa shape index (κ3) is 2.17. The van der Waals surface area contributed by atoms with E-state index in [0.29, 0.717) is 6.42 Å². The lowest BCUT2D eigenvalue weighted by Crippen LogP contribution is -2.33. The van der Waals surface area contributed by atoms with Crippen LogP contribution in [0, 0.1) is 6.92 Å². The molecule has 0 unspecified atom stereocenters. The minimum absolute atomic E-state index is 0.382. The molecule has 0 aliphatic carbocycles. The fourth-order valence-electron chi connectivity index (χ4n) is 2.08. The quantitative estimate of drug-likeness (QED) is 0.788. The molecular weight excluding hydrogens is 216 g/mol. The highest BCUT2D eigenvalue weighted by Crippen LogP contribution is 2.22. The Balaban J connectivity index is 2.34. The summed E-state index contributed by atoms with van der Waals surface area (Å²) in [6, 6.07) is 5.44. The first-order valence-electron chi connectivity index (χ1n) is 5.52. The van der Waals surface area contributed by atoms with Crippen molar-refractivity contribution in [1.29, 1.82) is 0 Å². The molecule has 0 spiro atoms. The van der Waals surface area contributed by atoms with Crippen LogP contribution in [-0.4, -0.2) is 24.1 Å². The molecule has 4 heteroatoms. The van der Waals surface area contributed by atoms with Crippen LogP contribution in [0.25, 0.3) is 10.9 Å². The summed E-state index contributed by atoms with van der Waals surface area (Å²) in [4.78, 5) is 14.5. The highest BCUT2D eigenvalue weighted by atomic mass is 16.5. The smallest absolute Gasteiger partial charge is 0.322 e. The summed E-state index contributed by atoms with van der Waals surface area (Å²) >= 11 is 0. The van der Waals surface area contributed by atoms with Crippen molar-refractivity contribution >= 4 is 16.9 Å². The number of ether oxygens (including phenoxy) is 1. The number of aromatic nitrogens is 1. The number of methoxy groups -OCH3 is 1. The number of carbonyl (C=O) groups excluding carboxylic acids is 1. The fourth-order valence-corrected chi connectivity index (χ4v) is 2.08. The van der Waals surface area contributed by atoms with Crippen molar-refractivity contribution in [2.24, 2.45) is 5.73 Å². The average Bonchev–Trinajstić information content (AvgIpc) is 2.72. The topological polar surface area (TPSA) is 68.1 Å². The van der Waals surface area contributed by atoms with Gasteiger partial charge in [0, 0.05) is 23.5 Å². The van der Waals surface area contributed by atoms with Gasteiger partial charge in [0.05, 0.1) is 7.11 Å². The van der Waals surface area contributed by atoms with Gasteiger partial charge in [0.2, 0.25) is 0 Å². The number of hydrogen-bond donors (Lipinski definition) is 2. The van der Waals surface area contributed by atoms with Gasteiger partial charge in [0.1, 0.15) is 6.04 Å². The van der Waals surface area contributed by atoms with E-state index in [-0.39, 0.29) is 5.97 Å². The zero-order chi connectivity index (χ0) is 12.4. The number of carbonyl (C=O) groups is 1. The van der Waals surface area contributed by atoms with Crippen molar-refractivity contribution in [3.05, 3.63) is 35.5 Å². The minimum atomic E-state index is -0.612. The second kappa shape index (κ2) is 4.59. The Morgan fingerprint density at radius 2 is 2.29 bits per heavy atom. The molecule has 0 saturated heterocycles. The van der Waals surface area contributed by atoms with Crippen LogP contribution in [0.2, 0.25) is 0 Å². The van der Waals surface area contributed by atoms with Crippen LogP contribution >= 0.6 is 0 Å². The summed E-state index contributed by atoms with van der Waals surface area (Å²) in [5, 5.41) is 1.15. The second-order valence-corrected chi connectivity index (χ2v) is 4.15. The Kier molecular flexibility index (Phi) is 3.15. The van der Waals surface area contributed by atoms with E-state index < -0.39 is 6.04 Å². The number of hydrogen-bond acceptors (Lipinski definition) is 3. The van der Waals surface area contributed by atoms with Gasteiger partial charge in [-0.15, -0.1) is 0 Å². The Labute approximate surface area is 99.8 Å². The van der Waals surface area contributed by atoms with Gasteiger partial charge in [0.15, 0.2) is 0 Å². The fraction of sp³-hybridized carbons (Fsp3) is 0.308. The number of rotatable bonds is 3. The zero-order valence-electron chi connectivity index (χ0n) is 9.99. The maximum atomic E-state index is 11.3. The van der Waals surface area contributed by atoms with Gasteiger partial charge in [-0.1, -0.05) is 12.1 Å². The zero-order valence-corrected chi connectivity index (χ0v) is 9.99. The van der Waals surface area contributed by atoms with Crippen LogP contribution in [-0.2, 0) is 16.0 Å². The van der Waals surface area contributed by atoms with E-state index in [1.807, 2.05) is 31.3 Å². The van der Waals surface area contributed by atoms with Crippen molar-refractivity contribution in [3.63, 3.8) is 0 Å². The standard InChI is InChI=1S/C13H16N2O2/c1-8-4-3-5-11-12(8)9(7-15-11)6-10(14)13(16)17-2/h3-5,7,10,15H,6,14H2,1-2H3/t10-/m0/s1. The van der Waals surface area contributed by atoms with E-state index in [1.54, 1.807) is 0 Å². The van der Waals surface area contributed by atoms with Crippen LogP contribution < -0.4 is 5.73 Å². The normalized spacial score (nSPS) is 12.6. The number of aryl methyl sites for hydroxylation is 1. The monoisotopic (exact) mass is 232 g/mol. The van der Waals surface area contributed by atoms with Gasteiger partial charge >= 0.3 is 5.97 Å². The first-order valence-corrected chi connectivity index (χ1v) is 5.52. The molecular formula is C13H16N2O2. The van der Waals surface area contributed by atoms with Crippen molar-refractivity contribution in [2.45, 2.75) is 19.4 Å². The lowest BCUT2D eigenvalue weighted by Gasteiger charge is -2.08. The third-order valence-corrected chi connectivity index (χ3v) is 2.94. The van der Waals surface area contributed by atoms with Crippen LogP contribution in [0.3, 0.4) is 0 Å². The summed E-state index contributed by atoms with van der Waals surface area (Å²) in [7, 11) is 1.35. The van der Waals surface area contributed by atoms with Crippen LogP contribution in [0.4, 0.5) is 0 Å². The number of nitrogens with one attached hydrogen (secondary N) is 1. The Hall–Kier alpha value is -1.81. The van der Waals surface area contributed by atoms with E-state index in [0.717, 1.165) is 16.5 Å². The number of nitrogens with two attached hydrogens (primary N) is 1. The highest BCUT2D eigenvalue weighted by molar-refractivity contribution is 5.87. The average molecular weight is 232 g/mol. The molecule has 0 aliphatic rings. The molecule has 1 aromatic heterocycles. The molecule has 0 amide bonds. The van der Waals surface area contributed by atoms with E-state index in [2.05, 4.69) is 9.72 Å². The summed E-state index contributed by atoms with van der Waals surface area (Å²) in [6.45, 7) is 2.04. The molecule has 1 aromatic carbocycles. The molecule has 90 valence electrons. The maximum absolute atomic E-state index is 11.3. The van der Waals surface area contributed by atoms with E-state index in [4.69, 9.17) is 5.73 Å². The minimum Gasteiger partial charge on any atom is -0.468 e. The second-order valence-electron chi connectivity index (χ2n) is 4.15. The number of H-pyrrole nitrogens is 1. The maximum Gasteiger partial charge on any atom is 0.322 e. The molecule has 0 aliphatic heterocycles. The summed E-state index contributed by atoms with van der Waals surface area (Å²) in [5.74, 6) is -0.382. The Bertz CT molecular complexity index is 545. The lowest BCUT2D eigenvalue weighted by molar-refractivity contribution is -0.142. The molecule has 4 nitrogen and oxygen atoms in total. The van der Waals surface area contributed by atoms with Crippen LogP contribution in [0.15, 0.2) is 24.4 Å². The molecule has 0 radical (unpaired) electrons. The van der Waals surface area contributed by atoms with Gasteiger partial charge < -0.3 is 15.5 Å². The highest BCUT2D eigenvalue weighted by Gasteiger charge is 2.16. The SMILES string of the molecule is COC(=O)[C@@H](N)Cc1c[nH]c2cccc(C)c12. The number of fused-ring (bicyclic) bond motifs is 1. The third-order valence-electron chi connectivity index (χ3n) is 2.94. The van der Waals surface area contributed by atoms with Crippen molar-refractivity contribution in [1.82, 2.24) is 4.98 Å². The van der Waals surface area contributed by atoms with E-state index >= 15 is 0 Å². The van der Waals surface area contributed by atoms with Gasteiger partial charge in [-0.2, -0.15) is 0 Å². The summed E-state index contributed by atoms with van der Waals surface area (Å²) < 4.78 is 4.63. The molecule has 3 N–H and O–H groups in total. The predicted molar refractivity (Wildman–Crippen MR) is 66.7 cm³/mol. The molecule has 1 heterocycles. The number of benzene rings is 1. The molecule has 2 aromatic rings. The van der Waals surface area contributed by atoms with Crippen LogP contribution in [0.1, 0.15) is 11.1 Å². The first kappa shape index (κ1) is 11.7. The number of aromatic amines is 1. The molecule has 17 heavy (non-hydrogen) atoms. The predicted octanol–water partition coefficient (Wildman–Crippen LogP) is 1.52. The molecule has 0 bridgehead atoms. The molecule has 0 fully saturated rings. The largest absolute Gasteiger partial charge is 0.468 e. The van der Waals surface area contributed by atoms with Gasteiger partial charge in [-0.05, 0) is 24.1 Å². The molecule has 0 saturated carbocycles. The van der Waals surface area contributed by atoms with Crippen molar-refractivity contribution < 1.29 is 9.53 Å². The van der Waals surface area contributed by atoms with Crippen molar-refractivity contribution in [2.75, 3.05) is 7.11 Å². The summed E-state index contributed by atoms with van der Waals surface area (Å²) in [6.07, 6.45) is 2.39.